The first-order valence-corrected chi connectivity index (χ1v) is 7.56. The van der Waals surface area contributed by atoms with E-state index in [0.29, 0.717) is 12.0 Å². The third-order valence-electron chi connectivity index (χ3n) is 3.39. The molecule has 20 heavy (non-hydrogen) atoms. The van der Waals surface area contributed by atoms with Gasteiger partial charge in [0.2, 0.25) is 0 Å². The molecule has 1 aromatic heterocycles. The average molecular weight is 282 g/mol. The second kappa shape index (κ2) is 9.16. The molecule has 0 radical (unpaired) electrons. The highest BCUT2D eigenvalue weighted by Crippen LogP contribution is 2.13. The average Bonchev–Trinajstić information content (AvgIpc) is 2.83. The van der Waals surface area contributed by atoms with Crippen molar-refractivity contribution >= 4 is 0 Å². The maximum absolute atomic E-state index is 5.66. The van der Waals surface area contributed by atoms with Crippen molar-refractivity contribution < 1.29 is 9.15 Å². The summed E-state index contributed by atoms with van der Waals surface area (Å²) in [6, 6.07) is 2.55. The van der Waals surface area contributed by atoms with Gasteiger partial charge in [-0.2, -0.15) is 0 Å². The van der Waals surface area contributed by atoms with Crippen molar-refractivity contribution in [1.29, 1.82) is 0 Å². The normalized spacial score (nSPS) is 13.3. The van der Waals surface area contributed by atoms with E-state index in [9.17, 15) is 0 Å². The highest BCUT2D eigenvalue weighted by Gasteiger charge is 2.14. The first-order valence-electron chi connectivity index (χ1n) is 7.56. The van der Waals surface area contributed by atoms with E-state index in [2.05, 4.69) is 44.0 Å². The van der Waals surface area contributed by atoms with E-state index in [1.807, 2.05) is 6.26 Å². The zero-order valence-electron chi connectivity index (χ0n) is 13.6. The number of nitrogens with zero attached hydrogens (tertiary/aromatic N) is 1. The van der Waals surface area contributed by atoms with Crippen molar-refractivity contribution in [2.45, 2.75) is 46.8 Å². The van der Waals surface area contributed by atoms with Crippen LogP contribution in [0.2, 0.25) is 0 Å². The third-order valence-corrected chi connectivity index (χ3v) is 3.39. The minimum absolute atomic E-state index is 0.401. The maximum Gasteiger partial charge on any atom is 0.118 e. The van der Waals surface area contributed by atoms with Crippen LogP contribution in [-0.4, -0.2) is 37.7 Å². The van der Waals surface area contributed by atoms with Crippen LogP contribution in [0.15, 0.2) is 16.7 Å². The lowest BCUT2D eigenvalue weighted by molar-refractivity contribution is 0.0936. The molecule has 116 valence electrons. The predicted molar refractivity (Wildman–Crippen MR) is 82.7 cm³/mol. The van der Waals surface area contributed by atoms with Crippen LogP contribution < -0.4 is 5.32 Å². The van der Waals surface area contributed by atoms with Crippen LogP contribution in [0.5, 0.6) is 0 Å². The zero-order valence-corrected chi connectivity index (χ0v) is 13.6. The molecule has 0 fully saturated rings. The Morgan fingerprint density at radius 1 is 1.35 bits per heavy atom. The number of nitrogens with one attached hydrogen (secondary N) is 1. The fraction of sp³-hybridized carbons (Fsp3) is 0.750. The van der Waals surface area contributed by atoms with Crippen LogP contribution in [0.3, 0.4) is 0 Å². The first kappa shape index (κ1) is 17.2. The molecule has 1 rings (SSSR count). The molecule has 0 spiro atoms. The lowest BCUT2D eigenvalue weighted by atomic mass is 10.2. The van der Waals surface area contributed by atoms with Gasteiger partial charge in [-0.05, 0) is 32.0 Å². The summed E-state index contributed by atoms with van der Waals surface area (Å²) in [7, 11) is 1.75. The number of hydrogen-bond acceptors (Lipinski definition) is 4. The van der Waals surface area contributed by atoms with Gasteiger partial charge in [0.15, 0.2) is 0 Å². The number of likely N-dealkylation sites (N-methyl/N-ethyl adjacent to an activating group) is 1. The van der Waals surface area contributed by atoms with Crippen LogP contribution in [0.4, 0.5) is 0 Å². The molecule has 0 aliphatic carbocycles. The van der Waals surface area contributed by atoms with Gasteiger partial charge in [-0.3, -0.25) is 4.90 Å². The van der Waals surface area contributed by atoms with Gasteiger partial charge >= 0.3 is 0 Å². The van der Waals surface area contributed by atoms with Crippen molar-refractivity contribution in [3.8, 4) is 0 Å². The standard InChI is InChI=1S/C16H30N2O2/c1-6-18(14(4)11-19-5)10-16-7-15(12-20-16)9-17-8-13(2)3/h7,12-14,17H,6,8-11H2,1-5H3. The fourth-order valence-corrected chi connectivity index (χ4v) is 2.23. The molecule has 0 amide bonds. The molecule has 1 unspecified atom stereocenters. The van der Waals surface area contributed by atoms with Gasteiger partial charge in [-0.15, -0.1) is 0 Å². The van der Waals surface area contributed by atoms with Crippen molar-refractivity contribution in [2.24, 2.45) is 5.92 Å². The maximum atomic E-state index is 5.66. The zero-order chi connectivity index (χ0) is 15.0. The van der Waals surface area contributed by atoms with Crippen LogP contribution >= 0.6 is 0 Å². The monoisotopic (exact) mass is 282 g/mol. The Morgan fingerprint density at radius 2 is 2.10 bits per heavy atom. The second-order valence-electron chi connectivity index (χ2n) is 5.81. The number of rotatable bonds is 10. The van der Waals surface area contributed by atoms with E-state index in [4.69, 9.17) is 9.15 Å². The van der Waals surface area contributed by atoms with Crippen molar-refractivity contribution in [3.63, 3.8) is 0 Å². The van der Waals surface area contributed by atoms with E-state index in [1.165, 1.54) is 5.56 Å². The van der Waals surface area contributed by atoms with Crippen molar-refractivity contribution in [1.82, 2.24) is 10.2 Å². The van der Waals surface area contributed by atoms with Gasteiger partial charge in [0.25, 0.3) is 0 Å². The van der Waals surface area contributed by atoms with E-state index in [-0.39, 0.29) is 0 Å². The van der Waals surface area contributed by atoms with Crippen molar-refractivity contribution in [2.75, 3.05) is 26.8 Å². The summed E-state index contributed by atoms with van der Waals surface area (Å²) < 4.78 is 10.9. The number of ether oxygens (including phenoxy) is 1. The molecule has 0 aromatic carbocycles. The minimum Gasteiger partial charge on any atom is -0.468 e. The summed E-state index contributed by atoms with van der Waals surface area (Å²) in [5, 5.41) is 3.43. The SMILES string of the molecule is CCN(Cc1cc(CNCC(C)C)co1)C(C)COC. The number of hydrogen-bond donors (Lipinski definition) is 1. The van der Waals surface area contributed by atoms with E-state index in [1.54, 1.807) is 7.11 Å². The van der Waals surface area contributed by atoms with Gasteiger partial charge < -0.3 is 14.5 Å². The molecule has 1 atom stereocenters. The molecular formula is C16H30N2O2. The Balaban J connectivity index is 2.45. The molecule has 4 heteroatoms. The van der Waals surface area contributed by atoms with Gasteiger partial charge in [-0.1, -0.05) is 20.8 Å². The van der Waals surface area contributed by atoms with E-state index >= 15 is 0 Å². The van der Waals surface area contributed by atoms with E-state index < -0.39 is 0 Å². The molecule has 0 aliphatic rings. The Labute approximate surface area is 123 Å². The van der Waals surface area contributed by atoms with Crippen LogP contribution in [0.25, 0.3) is 0 Å². The molecule has 0 saturated heterocycles. The molecule has 0 aliphatic heterocycles. The number of furan rings is 1. The largest absolute Gasteiger partial charge is 0.468 e. The van der Waals surface area contributed by atoms with Crippen molar-refractivity contribution in [3.05, 3.63) is 23.7 Å². The minimum atomic E-state index is 0.401. The summed E-state index contributed by atoms with van der Waals surface area (Å²) in [4.78, 5) is 2.35. The van der Waals surface area contributed by atoms with Gasteiger partial charge in [-0.25, -0.2) is 0 Å². The molecule has 0 bridgehead atoms. The Kier molecular flexibility index (Phi) is 7.88. The smallest absolute Gasteiger partial charge is 0.118 e. The van der Waals surface area contributed by atoms with Crippen LogP contribution in [0, 0.1) is 5.92 Å². The number of methoxy groups -OCH3 is 1. The van der Waals surface area contributed by atoms with Gasteiger partial charge in [0.1, 0.15) is 5.76 Å². The molecule has 1 N–H and O–H groups in total. The molecule has 1 aromatic rings. The van der Waals surface area contributed by atoms with Crippen LogP contribution in [0.1, 0.15) is 39.0 Å². The molecular weight excluding hydrogens is 252 g/mol. The molecule has 1 heterocycles. The predicted octanol–water partition coefficient (Wildman–Crippen LogP) is 2.88. The van der Waals surface area contributed by atoms with E-state index in [0.717, 1.165) is 38.5 Å². The van der Waals surface area contributed by atoms with Crippen LogP contribution in [-0.2, 0) is 17.8 Å². The summed E-state index contributed by atoms with van der Waals surface area (Å²) >= 11 is 0. The second-order valence-corrected chi connectivity index (χ2v) is 5.81. The fourth-order valence-electron chi connectivity index (χ4n) is 2.23. The quantitative estimate of drug-likeness (QED) is 0.716. The Morgan fingerprint density at radius 3 is 2.70 bits per heavy atom. The lowest BCUT2D eigenvalue weighted by Crippen LogP contribution is -2.35. The highest BCUT2D eigenvalue weighted by atomic mass is 16.5. The summed E-state index contributed by atoms with van der Waals surface area (Å²) in [5.74, 6) is 1.70. The molecule has 0 saturated carbocycles. The lowest BCUT2D eigenvalue weighted by Gasteiger charge is -2.26. The summed E-state index contributed by atoms with van der Waals surface area (Å²) in [5.41, 5.74) is 1.22. The summed E-state index contributed by atoms with van der Waals surface area (Å²) in [6.07, 6.45) is 1.86. The topological polar surface area (TPSA) is 37.6 Å². The highest BCUT2D eigenvalue weighted by molar-refractivity contribution is 5.12. The first-order chi connectivity index (χ1) is 9.56. The summed E-state index contributed by atoms with van der Waals surface area (Å²) in [6.45, 7) is 13.3. The third kappa shape index (κ3) is 6.07. The Bertz CT molecular complexity index is 363. The molecule has 4 nitrogen and oxygen atoms in total. The Hall–Kier alpha value is -0.840. The van der Waals surface area contributed by atoms with Gasteiger partial charge in [0, 0.05) is 25.3 Å². The van der Waals surface area contributed by atoms with Gasteiger partial charge in [0.05, 0.1) is 19.4 Å².